The molecule has 0 spiro atoms. The predicted octanol–water partition coefficient (Wildman–Crippen LogP) is 3.39. The minimum Gasteiger partial charge on any atom is -0.497 e. The van der Waals surface area contributed by atoms with Crippen molar-refractivity contribution in [2.24, 2.45) is 10.9 Å². The molecule has 7 nitrogen and oxygen atoms in total. The van der Waals surface area contributed by atoms with Crippen LogP contribution < -0.4 is 10.1 Å². The summed E-state index contributed by atoms with van der Waals surface area (Å²) in [5, 5.41) is 3.26. The van der Waals surface area contributed by atoms with Gasteiger partial charge >= 0.3 is 0 Å². The molecular weight excluding hydrogens is 531 g/mol. The van der Waals surface area contributed by atoms with Crippen LogP contribution in [0.3, 0.4) is 0 Å². The van der Waals surface area contributed by atoms with Gasteiger partial charge in [0.05, 0.1) is 33.4 Å². The fourth-order valence-electron chi connectivity index (χ4n) is 3.56. The molecule has 1 aliphatic rings. The molecule has 8 heteroatoms. The molecule has 3 rings (SSSR count). The van der Waals surface area contributed by atoms with Crippen LogP contribution in [-0.2, 0) is 22.7 Å². The van der Waals surface area contributed by atoms with Crippen LogP contribution in [0.25, 0.3) is 0 Å². The summed E-state index contributed by atoms with van der Waals surface area (Å²) in [6.45, 7) is 3.86. The normalized spacial score (nSPS) is 15.7. The number of nitrogens with one attached hydrogen (secondary N) is 1. The number of carbonyl (C=O) groups is 1. The lowest BCUT2D eigenvalue weighted by Crippen LogP contribution is -2.44. The van der Waals surface area contributed by atoms with Gasteiger partial charge in [0.25, 0.3) is 0 Å². The van der Waals surface area contributed by atoms with E-state index in [1.807, 2.05) is 42.5 Å². The number of aliphatic imine (C=N–C) groups is 1. The largest absolute Gasteiger partial charge is 0.497 e. The Morgan fingerprint density at radius 1 is 1.12 bits per heavy atom. The number of halogens is 1. The van der Waals surface area contributed by atoms with Crippen LogP contribution in [0.4, 0.5) is 0 Å². The lowest BCUT2D eigenvalue weighted by atomic mass is 10.1. The Hall–Kier alpha value is -2.33. The van der Waals surface area contributed by atoms with Crippen molar-refractivity contribution >= 4 is 35.8 Å². The van der Waals surface area contributed by atoms with Crippen LogP contribution in [-0.4, -0.2) is 69.1 Å². The molecule has 0 saturated carbocycles. The molecule has 1 aliphatic heterocycles. The summed E-state index contributed by atoms with van der Waals surface area (Å²) < 4.78 is 11.2. The molecular formula is C25H35IN4O3. The molecule has 180 valence electrons. The third kappa shape index (κ3) is 8.85. The average molecular weight is 566 g/mol. The number of likely N-dealkylation sites (tertiary alicyclic amines) is 1. The molecule has 1 N–H and O–H groups in total. The second-order valence-electron chi connectivity index (χ2n) is 8.23. The molecule has 1 amide bonds. The first-order valence-corrected chi connectivity index (χ1v) is 11.0. The third-order valence-electron chi connectivity index (χ3n) is 5.52. The van der Waals surface area contributed by atoms with Crippen molar-refractivity contribution < 1.29 is 14.3 Å². The molecule has 0 aliphatic carbocycles. The number of methoxy groups -OCH3 is 1. The lowest BCUT2D eigenvalue weighted by Gasteiger charge is -2.23. The second-order valence-corrected chi connectivity index (χ2v) is 8.23. The van der Waals surface area contributed by atoms with E-state index in [-0.39, 0.29) is 36.4 Å². The maximum Gasteiger partial charge on any atom is 0.241 e. The first kappa shape index (κ1) is 26.9. The number of carbonyl (C=O) groups excluding carboxylic acids is 1. The topological polar surface area (TPSA) is 66.4 Å². The van der Waals surface area contributed by atoms with Crippen molar-refractivity contribution in [3.05, 3.63) is 65.7 Å². The number of benzene rings is 2. The minimum absolute atomic E-state index is 0. The fraction of sp³-hybridized carbons (Fsp3) is 0.440. The number of hydrogen-bond acceptors (Lipinski definition) is 4. The Morgan fingerprint density at radius 2 is 1.85 bits per heavy atom. The van der Waals surface area contributed by atoms with Gasteiger partial charge in [0.2, 0.25) is 5.91 Å². The minimum atomic E-state index is 0. The van der Waals surface area contributed by atoms with Gasteiger partial charge in [-0.15, -0.1) is 24.0 Å². The van der Waals surface area contributed by atoms with Gasteiger partial charge in [-0.25, -0.2) is 4.99 Å². The zero-order chi connectivity index (χ0) is 22.8. The van der Waals surface area contributed by atoms with Crippen molar-refractivity contribution in [3.8, 4) is 5.75 Å². The molecule has 0 radical (unpaired) electrons. The molecule has 2 aromatic rings. The van der Waals surface area contributed by atoms with Gasteiger partial charge in [-0.1, -0.05) is 42.5 Å². The number of amides is 1. The molecule has 0 bridgehead atoms. The smallest absolute Gasteiger partial charge is 0.241 e. The number of guanidine groups is 1. The zero-order valence-corrected chi connectivity index (χ0v) is 22.0. The average Bonchev–Trinajstić information content (AvgIpc) is 3.28. The van der Waals surface area contributed by atoms with Gasteiger partial charge in [-0.2, -0.15) is 0 Å². The van der Waals surface area contributed by atoms with E-state index in [1.165, 1.54) is 5.56 Å². The Labute approximate surface area is 214 Å². The van der Waals surface area contributed by atoms with Gasteiger partial charge in [0.1, 0.15) is 5.75 Å². The van der Waals surface area contributed by atoms with E-state index in [0.29, 0.717) is 25.7 Å². The Morgan fingerprint density at radius 3 is 2.52 bits per heavy atom. The first-order chi connectivity index (χ1) is 15.5. The van der Waals surface area contributed by atoms with E-state index in [2.05, 4.69) is 22.3 Å². The SMILES string of the molecule is COc1ccc(CN=C(NCC(=O)N(C)C)N2CCC(COCc3ccccc3)C2)cc1.I. The summed E-state index contributed by atoms with van der Waals surface area (Å²) in [6.07, 6.45) is 1.04. The molecule has 0 aromatic heterocycles. The summed E-state index contributed by atoms with van der Waals surface area (Å²) in [5.74, 6) is 2.05. The van der Waals surface area contributed by atoms with Crippen molar-refractivity contribution in [2.75, 3.05) is 47.4 Å². The van der Waals surface area contributed by atoms with Crippen LogP contribution in [0.2, 0.25) is 0 Å². The molecule has 33 heavy (non-hydrogen) atoms. The molecule has 1 atom stereocenters. The van der Waals surface area contributed by atoms with E-state index in [1.54, 1.807) is 26.1 Å². The standard InChI is InChI=1S/C25H34N4O3.HI/c1-28(2)24(30)16-27-25(26-15-20-9-11-23(31-3)12-10-20)29-14-13-22(17-29)19-32-18-21-7-5-4-6-8-21;/h4-12,22H,13-19H2,1-3H3,(H,26,27);1H. The van der Waals surface area contributed by atoms with Gasteiger partial charge < -0.3 is 24.6 Å². The highest BCUT2D eigenvalue weighted by Crippen LogP contribution is 2.18. The van der Waals surface area contributed by atoms with E-state index in [4.69, 9.17) is 14.5 Å². The van der Waals surface area contributed by atoms with Crippen LogP contribution in [0.1, 0.15) is 17.5 Å². The zero-order valence-electron chi connectivity index (χ0n) is 19.7. The number of ether oxygens (including phenoxy) is 2. The van der Waals surface area contributed by atoms with Crippen molar-refractivity contribution in [3.63, 3.8) is 0 Å². The van der Waals surface area contributed by atoms with Crippen LogP contribution in [0, 0.1) is 5.92 Å². The van der Waals surface area contributed by atoms with Crippen LogP contribution in [0.5, 0.6) is 5.75 Å². The quantitative estimate of drug-likeness (QED) is 0.287. The summed E-state index contributed by atoms with van der Waals surface area (Å²) in [5.41, 5.74) is 2.28. The summed E-state index contributed by atoms with van der Waals surface area (Å²) in [7, 11) is 5.17. The van der Waals surface area contributed by atoms with Gasteiger partial charge in [0.15, 0.2) is 5.96 Å². The molecule has 2 aromatic carbocycles. The number of hydrogen-bond donors (Lipinski definition) is 1. The van der Waals surface area contributed by atoms with Crippen molar-refractivity contribution in [1.82, 2.24) is 15.1 Å². The van der Waals surface area contributed by atoms with Gasteiger partial charge in [-0.3, -0.25) is 4.79 Å². The summed E-state index contributed by atoms with van der Waals surface area (Å²) in [4.78, 5) is 20.7. The monoisotopic (exact) mass is 566 g/mol. The third-order valence-corrected chi connectivity index (χ3v) is 5.52. The lowest BCUT2D eigenvalue weighted by molar-refractivity contribution is -0.127. The molecule has 1 unspecified atom stereocenters. The van der Waals surface area contributed by atoms with Crippen LogP contribution in [0.15, 0.2) is 59.6 Å². The molecule has 1 fully saturated rings. The Bertz CT molecular complexity index is 875. The van der Waals surface area contributed by atoms with Gasteiger partial charge in [-0.05, 0) is 29.7 Å². The maximum atomic E-state index is 12.1. The first-order valence-electron chi connectivity index (χ1n) is 11.0. The molecule has 1 saturated heterocycles. The highest BCUT2D eigenvalue weighted by Gasteiger charge is 2.25. The van der Waals surface area contributed by atoms with E-state index >= 15 is 0 Å². The van der Waals surface area contributed by atoms with E-state index in [0.717, 1.165) is 36.8 Å². The number of rotatable bonds is 9. The maximum absolute atomic E-state index is 12.1. The highest BCUT2D eigenvalue weighted by molar-refractivity contribution is 14.0. The highest BCUT2D eigenvalue weighted by atomic mass is 127. The summed E-state index contributed by atoms with van der Waals surface area (Å²) >= 11 is 0. The second kappa shape index (κ2) is 14.0. The number of likely N-dealkylation sites (N-methyl/N-ethyl adjacent to an activating group) is 1. The van der Waals surface area contributed by atoms with Crippen molar-refractivity contribution in [1.29, 1.82) is 0 Å². The van der Waals surface area contributed by atoms with Crippen molar-refractivity contribution in [2.45, 2.75) is 19.6 Å². The van der Waals surface area contributed by atoms with E-state index in [9.17, 15) is 4.79 Å². The fourth-order valence-corrected chi connectivity index (χ4v) is 3.56. The molecule has 1 heterocycles. The van der Waals surface area contributed by atoms with Crippen LogP contribution >= 0.6 is 24.0 Å². The number of nitrogens with zero attached hydrogens (tertiary/aromatic N) is 3. The Kier molecular flexibility index (Phi) is 11.5. The van der Waals surface area contributed by atoms with E-state index < -0.39 is 0 Å². The Balaban J connectivity index is 0.00000385. The van der Waals surface area contributed by atoms with Gasteiger partial charge in [0, 0.05) is 33.1 Å². The summed E-state index contributed by atoms with van der Waals surface area (Å²) in [6, 6.07) is 18.1. The predicted molar refractivity (Wildman–Crippen MR) is 142 cm³/mol.